The Labute approximate surface area is 113 Å². The van der Waals surface area contributed by atoms with Gasteiger partial charge in [0.2, 0.25) is 0 Å². The molecule has 0 atom stereocenters. The first kappa shape index (κ1) is 17.1. The minimum atomic E-state index is -0.984. The van der Waals surface area contributed by atoms with Gasteiger partial charge in [-0.05, 0) is 50.0 Å². The zero-order chi connectivity index (χ0) is 13.5. The second kappa shape index (κ2) is 7.55. The zero-order valence-corrected chi connectivity index (χ0v) is 13.6. The first-order valence-electron chi connectivity index (χ1n) is 6.02. The van der Waals surface area contributed by atoms with Gasteiger partial charge in [0.15, 0.2) is 5.22 Å². The van der Waals surface area contributed by atoms with E-state index in [9.17, 15) is 0 Å². The Bertz CT molecular complexity index is 244. The number of unbranched alkanes of at least 4 members (excludes halogenated alkanes) is 1. The van der Waals surface area contributed by atoms with Gasteiger partial charge in [0.1, 0.15) is 0 Å². The summed E-state index contributed by atoms with van der Waals surface area (Å²) in [7, 11) is -0.984. The van der Waals surface area contributed by atoms with Crippen molar-refractivity contribution in [3.8, 4) is 0 Å². The second-order valence-corrected chi connectivity index (χ2v) is 9.62. The van der Waals surface area contributed by atoms with Gasteiger partial charge in [-0.3, -0.25) is 0 Å². The number of rotatable bonds is 7. The molecule has 0 spiro atoms. The van der Waals surface area contributed by atoms with Crippen molar-refractivity contribution in [1.82, 2.24) is 0 Å². The number of ether oxygens (including phenoxy) is 1. The first-order chi connectivity index (χ1) is 7.70. The van der Waals surface area contributed by atoms with Crippen LogP contribution in [-0.4, -0.2) is 30.5 Å². The largest absolute Gasteiger partial charge is 0.483 e. The molecule has 0 aliphatic rings. The molecule has 0 unspecified atom stereocenters. The molecule has 0 fully saturated rings. The van der Waals surface area contributed by atoms with Crippen molar-refractivity contribution < 1.29 is 8.92 Å². The van der Waals surface area contributed by atoms with Gasteiger partial charge in [-0.1, -0.05) is 20.8 Å². The lowest BCUT2D eigenvalue weighted by Crippen LogP contribution is -2.25. The third-order valence-corrected chi connectivity index (χ3v) is 6.89. The fourth-order valence-electron chi connectivity index (χ4n) is 0.901. The monoisotopic (exact) mass is 282 g/mol. The van der Waals surface area contributed by atoms with Crippen LogP contribution in [0.3, 0.4) is 0 Å². The van der Waals surface area contributed by atoms with Crippen LogP contribution in [0.5, 0.6) is 0 Å². The fourth-order valence-corrected chi connectivity index (χ4v) is 1.87. The molecule has 0 saturated carbocycles. The number of allylic oxidation sites excluding steroid dienone is 1. The van der Waals surface area contributed by atoms with Gasteiger partial charge in [0.05, 0.1) is 13.2 Å². The molecule has 0 aliphatic carbocycles. The van der Waals surface area contributed by atoms with Crippen molar-refractivity contribution in [2.45, 2.75) is 45.3 Å². The molecular formula is C13H27ClO2S. The van der Waals surface area contributed by atoms with Crippen LogP contribution >= 0.6 is 21.9 Å². The van der Waals surface area contributed by atoms with Crippen LogP contribution in [0.1, 0.15) is 40.5 Å². The molecule has 2 nitrogen and oxygen atoms in total. The molecule has 0 aromatic rings. The Morgan fingerprint density at radius 2 is 1.71 bits per heavy atom. The highest BCUT2D eigenvalue weighted by Crippen LogP contribution is 2.53. The van der Waals surface area contributed by atoms with Crippen LogP contribution in [0, 0.1) is 0 Å². The maximum atomic E-state index is 6.01. The maximum Gasteiger partial charge on any atom is 0.182 e. The molecule has 0 saturated heterocycles. The van der Waals surface area contributed by atoms with E-state index < -0.39 is 10.3 Å². The Hall–Kier alpha value is 0.140. The summed E-state index contributed by atoms with van der Waals surface area (Å²) in [6.07, 6.45) is 8.19. The fraction of sp³-hybridized carbons (Fsp3) is 0.846. The van der Waals surface area contributed by atoms with E-state index in [2.05, 4.69) is 33.3 Å². The summed E-state index contributed by atoms with van der Waals surface area (Å²) in [4.78, 5) is 0. The van der Waals surface area contributed by atoms with Crippen molar-refractivity contribution in [3.63, 3.8) is 0 Å². The summed E-state index contributed by atoms with van der Waals surface area (Å²) < 4.78 is 11.5. The molecule has 0 aromatic carbocycles. The Morgan fingerprint density at radius 3 is 2.18 bits per heavy atom. The number of hydrogen-bond donors (Lipinski definition) is 0. The third kappa shape index (κ3) is 7.22. The Kier molecular flexibility index (Phi) is 7.61. The molecule has 0 heterocycles. The molecule has 17 heavy (non-hydrogen) atoms. The van der Waals surface area contributed by atoms with E-state index in [0.717, 1.165) is 19.4 Å². The van der Waals surface area contributed by atoms with Gasteiger partial charge in [-0.25, -0.2) is 0 Å². The van der Waals surface area contributed by atoms with Gasteiger partial charge in [0.25, 0.3) is 0 Å². The normalized spacial score (nSPS) is 14.9. The average molecular weight is 283 g/mol. The molecule has 0 rings (SSSR count). The molecule has 0 N–H and O–H groups in total. The smallest absolute Gasteiger partial charge is 0.182 e. The number of halogens is 1. The summed E-state index contributed by atoms with van der Waals surface area (Å²) in [5.41, 5.74) is 0. The van der Waals surface area contributed by atoms with Crippen molar-refractivity contribution in [2.24, 2.45) is 0 Å². The van der Waals surface area contributed by atoms with Crippen LogP contribution in [0.15, 0.2) is 11.3 Å². The summed E-state index contributed by atoms with van der Waals surface area (Å²) in [6.45, 7) is 10.0. The lowest BCUT2D eigenvalue weighted by atomic mass is 10.3. The van der Waals surface area contributed by atoms with E-state index in [1.807, 2.05) is 6.92 Å². The van der Waals surface area contributed by atoms with E-state index >= 15 is 0 Å². The quantitative estimate of drug-likeness (QED) is 0.499. The Morgan fingerprint density at radius 1 is 1.18 bits per heavy atom. The van der Waals surface area contributed by atoms with E-state index in [-0.39, 0.29) is 4.75 Å². The van der Waals surface area contributed by atoms with Crippen molar-refractivity contribution in [1.29, 1.82) is 0 Å². The highest BCUT2D eigenvalue weighted by molar-refractivity contribution is 8.29. The Balaban J connectivity index is 3.66. The molecule has 0 aliphatic heterocycles. The minimum Gasteiger partial charge on any atom is -0.483 e. The highest BCUT2D eigenvalue weighted by Gasteiger charge is 2.28. The van der Waals surface area contributed by atoms with Gasteiger partial charge in [-0.15, -0.1) is 10.3 Å². The lowest BCUT2D eigenvalue weighted by Gasteiger charge is -2.43. The summed E-state index contributed by atoms with van der Waals surface area (Å²) in [6, 6.07) is 0. The first-order valence-corrected chi connectivity index (χ1v) is 8.78. The molecular weight excluding hydrogens is 256 g/mol. The highest BCUT2D eigenvalue weighted by atomic mass is 35.5. The van der Waals surface area contributed by atoms with Crippen molar-refractivity contribution in [3.05, 3.63) is 11.3 Å². The minimum absolute atomic E-state index is 0.234. The van der Waals surface area contributed by atoms with Crippen LogP contribution < -0.4 is 0 Å². The van der Waals surface area contributed by atoms with Crippen LogP contribution in [0.2, 0.25) is 0 Å². The summed E-state index contributed by atoms with van der Waals surface area (Å²) in [5, 5.41) is 0.478. The predicted molar refractivity (Wildman–Crippen MR) is 79.9 cm³/mol. The standard InChI is InChI=1S/C13H27ClO2S/c1-7-12(14)15-10-8-9-11-16-17(5,6)13(2,3)4/h7H,8-11H2,1-6H3/b12-7-. The average Bonchev–Trinajstić information content (AvgIpc) is 2.21. The van der Waals surface area contributed by atoms with Crippen LogP contribution in [0.25, 0.3) is 0 Å². The van der Waals surface area contributed by atoms with E-state index in [1.165, 1.54) is 0 Å². The van der Waals surface area contributed by atoms with Gasteiger partial charge in [0, 0.05) is 4.75 Å². The number of hydrogen-bond acceptors (Lipinski definition) is 2. The molecule has 0 radical (unpaired) electrons. The third-order valence-electron chi connectivity index (χ3n) is 2.86. The van der Waals surface area contributed by atoms with Gasteiger partial charge in [-0.2, -0.15) is 0 Å². The SMILES string of the molecule is C/C=C(/Cl)OCCCCOS(C)(C)C(C)(C)C. The topological polar surface area (TPSA) is 18.5 Å². The molecule has 4 heteroatoms. The van der Waals surface area contributed by atoms with E-state index in [0.29, 0.717) is 11.8 Å². The van der Waals surface area contributed by atoms with Gasteiger partial charge < -0.3 is 8.92 Å². The van der Waals surface area contributed by atoms with E-state index in [1.54, 1.807) is 6.08 Å². The summed E-state index contributed by atoms with van der Waals surface area (Å²) >= 11 is 5.72. The molecule has 0 bridgehead atoms. The van der Waals surface area contributed by atoms with Gasteiger partial charge >= 0.3 is 0 Å². The van der Waals surface area contributed by atoms with Crippen molar-refractivity contribution in [2.75, 3.05) is 25.7 Å². The molecule has 0 amide bonds. The predicted octanol–water partition coefficient (Wildman–Crippen LogP) is 4.68. The van der Waals surface area contributed by atoms with Crippen LogP contribution in [-0.2, 0) is 8.92 Å². The molecule has 104 valence electrons. The lowest BCUT2D eigenvalue weighted by molar-refractivity contribution is 0.218. The van der Waals surface area contributed by atoms with Crippen molar-refractivity contribution >= 4 is 21.9 Å². The second-order valence-electron chi connectivity index (χ2n) is 5.32. The maximum absolute atomic E-state index is 6.01. The summed E-state index contributed by atoms with van der Waals surface area (Å²) in [5.74, 6) is 0. The van der Waals surface area contributed by atoms with E-state index in [4.69, 9.17) is 20.5 Å². The zero-order valence-electron chi connectivity index (χ0n) is 12.0. The molecule has 0 aromatic heterocycles. The van der Waals surface area contributed by atoms with Crippen LogP contribution in [0.4, 0.5) is 0 Å².